The van der Waals surface area contributed by atoms with E-state index in [-0.39, 0.29) is 29.8 Å². The number of nitrogens with zero attached hydrogens (tertiary/aromatic N) is 2. The number of thiazole rings is 1. The van der Waals surface area contributed by atoms with E-state index in [2.05, 4.69) is 32.9 Å². The van der Waals surface area contributed by atoms with Crippen molar-refractivity contribution in [2.75, 3.05) is 13.1 Å². The van der Waals surface area contributed by atoms with Crippen LogP contribution in [0.3, 0.4) is 0 Å². The van der Waals surface area contributed by atoms with E-state index < -0.39 is 0 Å². The lowest BCUT2D eigenvalue weighted by Gasteiger charge is -2.11. The smallest absolute Gasteiger partial charge is 0.191 e. The quantitative estimate of drug-likeness (QED) is 0.374. The maximum atomic E-state index is 12.9. The Hall–Kier alpha value is -1.22. The van der Waals surface area contributed by atoms with Crippen molar-refractivity contribution in [2.24, 2.45) is 4.99 Å². The summed E-state index contributed by atoms with van der Waals surface area (Å²) in [6.07, 6.45) is 1.78. The van der Waals surface area contributed by atoms with Crippen LogP contribution in [0.2, 0.25) is 0 Å². The molecule has 0 unspecified atom stereocenters. The number of guanidine groups is 1. The Morgan fingerprint density at radius 3 is 2.58 bits per heavy atom. The van der Waals surface area contributed by atoms with Crippen LogP contribution in [0.15, 0.2) is 34.6 Å². The van der Waals surface area contributed by atoms with Crippen molar-refractivity contribution >= 4 is 41.3 Å². The molecule has 1 aromatic heterocycles. The summed E-state index contributed by atoms with van der Waals surface area (Å²) in [6.45, 7) is 6.26. The molecule has 2 rings (SSSR count). The van der Waals surface area contributed by atoms with Crippen LogP contribution >= 0.6 is 35.3 Å². The van der Waals surface area contributed by atoms with E-state index in [0.717, 1.165) is 48.2 Å². The van der Waals surface area contributed by atoms with E-state index in [1.54, 1.807) is 11.3 Å². The summed E-state index contributed by atoms with van der Waals surface area (Å²) in [5.41, 5.74) is 2.10. The minimum atomic E-state index is -0.202. The van der Waals surface area contributed by atoms with Gasteiger partial charge in [0.25, 0.3) is 0 Å². The van der Waals surface area contributed by atoms with E-state index >= 15 is 0 Å². The Bertz CT molecular complexity index is 628. The number of nitrogens with one attached hydrogen (secondary N) is 2. The minimum Gasteiger partial charge on any atom is -0.357 e. The molecule has 0 saturated heterocycles. The molecule has 0 aliphatic heterocycles. The third kappa shape index (κ3) is 7.12. The number of rotatable bonds is 7. The molecule has 1 heterocycles. The second-order valence-corrected chi connectivity index (χ2v) is 6.03. The van der Waals surface area contributed by atoms with Crippen molar-refractivity contribution in [3.8, 4) is 0 Å². The molecule has 0 saturated carbocycles. The summed E-state index contributed by atoms with van der Waals surface area (Å²) in [5, 5.41) is 9.72. The topological polar surface area (TPSA) is 49.3 Å². The van der Waals surface area contributed by atoms with Crippen molar-refractivity contribution in [3.05, 3.63) is 51.7 Å². The summed E-state index contributed by atoms with van der Waals surface area (Å²) in [4.78, 5) is 9.07. The summed E-state index contributed by atoms with van der Waals surface area (Å²) in [5.74, 6) is 0.576. The summed E-state index contributed by atoms with van der Waals surface area (Å²) in [7, 11) is 0. The van der Waals surface area contributed by atoms with Gasteiger partial charge in [-0.3, -0.25) is 0 Å². The first-order valence-corrected chi connectivity index (χ1v) is 8.79. The Morgan fingerprint density at radius 2 is 1.96 bits per heavy atom. The van der Waals surface area contributed by atoms with Crippen LogP contribution in [0.25, 0.3) is 0 Å². The fraction of sp³-hybridized carbons (Fsp3) is 0.412. The molecule has 132 valence electrons. The molecule has 0 amide bonds. The molecular formula is C17H24FIN4S. The Labute approximate surface area is 164 Å². The SMILES string of the molecule is CCNC(=NCc1csc(CC)n1)NCCc1ccc(F)cc1.I. The Balaban J connectivity index is 0.00000288. The lowest BCUT2D eigenvalue weighted by atomic mass is 10.1. The Morgan fingerprint density at radius 1 is 1.21 bits per heavy atom. The van der Waals surface area contributed by atoms with Gasteiger partial charge in [0.2, 0.25) is 0 Å². The van der Waals surface area contributed by atoms with Gasteiger partial charge in [0.05, 0.1) is 17.2 Å². The molecular weight excluding hydrogens is 438 g/mol. The number of aryl methyl sites for hydroxylation is 1. The van der Waals surface area contributed by atoms with Crippen molar-refractivity contribution in [1.82, 2.24) is 15.6 Å². The molecule has 0 radical (unpaired) electrons. The molecule has 2 N–H and O–H groups in total. The van der Waals surface area contributed by atoms with Gasteiger partial charge in [-0.25, -0.2) is 14.4 Å². The predicted molar refractivity (Wildman–Crippen MR) is 110 cm³/mol. The molecule has 4 nitrogen and oxygen atoms in total. The van der Waals surface area contributed by atoms with Crippen LogP contribution < -0.4 is 10.6 Å². The van der Waals surface area contributed by atoms with Crippen LogP contribution in [-0.2, 0) is 19.4 Å². The first-order valence-electron chi connectivity index (χ1n) is 7.91. The number of hydrogen-bond acceptors (Lipinski definition) is 3. The zero-order valence-electron chi connectivity index (χ0n) is 14.0. The fourth-order valence-corrected chi connectivity index (χ4v) is 2.80. The van der Waals surface area contributed by atoms with E-state index in [0.29, 0.717) is 6.54 Å². The lowest BCUT2D eigenvalue weighted by molar-refractivity contribution is 0.626. The normalized spacial score (nSPS) is 11.0. The highest BCUT2D eigenvalue weighted by Crippen LogP contribution is 2.10. The molecule has 2 aromatic rings. The average Bonchev–Trinajstić information content (AvgIpc) is 3.02. The zero-order chi connectivity index (χ0) is 16.5. The standard InChI is InChI=1S/C17H23FN4S.HI/c1-3-16-22-15(12-23-16)11-21-17(19-4-2)20-10-9-13-5-7-14(18)8-6-13;/h5-8,12H,3-4,9-11H2,1-2H3,(H2,19,20,21);1H. The van der Waals surface area contributed by atoms with Gasteiger partial charge in [0.1, 0.15) is 5.82 Å². The van der Waals surface area contributed by atoms with Gasteiger partial charge < -0.3 is 10.6 Å². The van der Waals surface area contributed by atoms with Crippen LogP contribution in [0, 0.1) is 5.82 Å². The third-order valence-corrected chi connectivity index (χ3v) is 4.31. The largest absolute Gasteiger partial charge is 0.357 e. The molecule has 0 spiro atoms. The maximum Gasteiger partial charge on any atom is 0.191 e. The van der Waals surface area contributed by atoms with Gasteiger partial charge in [0.15, 0.2) is 5.96 Å². The van der Waals surface area contributed by atoms with Crippen molar-refractivity contribution in [3.63, 3.8) is 0 Å². The summed E-state index contributed by atoms with van der Waals surface area (Å²) >= 11 is 1.68. The second kappa shape index (κ2) is 11.4. The van der Waals surface area contributed by atoms with Crippen molar-refractivity contribution in [1.29, 1.82) is 0 Å². The van der Waals surface area contributed by atoms with Gasteiger partial charge in [-0.15, -0.1) is 35.3 Å². The monoisotopic (exact) mass is 462 g/mol. The highest BCUT2D eigenvalue weighted by atomic mass is 127. The van der Waals surface area contributed by atoms with E-state index in [1.807, 2.05) is 19.1 Å². The van der Waals surface area contributed by atoms with Crippen LogP contribution in [-0.4, -0.2) is 24.0 Å². The highest BCUT2D eigenvalue weighted by Gasteiger charge is 2.02. The number of hydrogen-bond donors (Lipinski definition) is 2. The van der Waals surface area contributed by atoms with Gasteiger partial charge in [-0.2, -0.15) is 0 Å². The van der Waals surface area contributed by atoms with E-state index in [1.165, 1.54) is 12.1 Å². The van der Waals surface area contributed by atoms with Crippen LogP contribution in [0.1, 0.15) is 30.1 Å². The Kier molecular flexibility index (Phi) is 9.85. The summed E-state index contributed by atoms with van der Waals surface area (Å²) < 4.78 is 12.9. The molecule has 1 aromatic carbocycles. The molecule has 0 aliphatic carbocycles. The zero-order valence-corrected chi connectivity index (χ0v) is 17.2. The predicted octanol–water partition coefficient (Wildman–Crippen LogP) is 3.76. The third-order valence-electron chi connectivity index (χ3n) is 3.26. The molecule has 24 heavy (non-hydrogen) atoms. The highest BCUT2D eigenvalue weighted by molar-refractivity contribution is 14.0. The first kappa shape index (κ1) is 20.8. The van der Waals surface area contributed by atoms with E-state index in [4.69, 9.17) is 0 Å². The van der Waals surface area contributed by atoms with E-state index in [9.17, 15) is 4.39 Å². The summed E-state index contributed by atoms with van der Waals surface area (Å²) in [6, 6.07) is 6.59. The van der Waals surface area contributed by atoms with Gasteiger partial charge in [-0.1, -0.05) is 19.1 Å². The van der Waals surface area contributed by atoms with Gasteiger partial charge >= 0.3 is 0 Å². The average molecular weight is 462 g/mol. The molecule has 0 bridgehead atoms. The number of halogens is 2. The van der Waals surface area contributed by atoms with Gasteiger partial charge in [-0.05, 0) is 37.5 Å². The molecule has 0 atom stereocenters. The fourth-order valence-electron chi connectivity index (χ4n) is 2.06. The number of benzene rings is 1. The maximum absolute atomic E-state index is 12.9. The number of aromatic nitrogens is 1. The van der Waals surface area contributed by atoms with Crippen LogP contribution in [0.4, 0.5) is 4.39 Å². The minimum absolute atomic E-state index is 0. The lowest BCUT2D eigenvalue weighted by Crippen LogP contribution is -2.38. The van der Waals surface area contributed by atoms with Crippen LogP contribution in [0.5, 0.6) is 0 Å². The van der Waals surface area contributed by atoms with Crippen molar-refractivity contribution < 1.29 is 4.39 Å². The number of aliphatic imine (C=N–C) groups is 1. The molecule has 7 heteroatoms. The van der Waals surface area contributed by atoms with Gasteiger partial charge in [0, 0.05) is 18.5 Å². The molecule has 0 fully saturated rings. The first-order chi connectivity index (χ1) is 11.2. The second-order valence-electron chi connectivity index (χ2n) is 5.08. The molecule has 0 aliphatic rings. The van der Waals surface area contributed by atoms with Crippen molar-refractivity contribution in [2.45, 2.75) is 33.2 Å².